The molecule has 7 heteroatoms. The van der Waals surface area contributed by atoms with E-state index in [1.54, 1.807) is 29.7 Å². The predicted molar refractivity (Wildman–Crippen MR) is 117 cm³/mol. The van der Waals surface area contributed by atoms with E-state index in [0.717, 1.165) is 73.4 Å². The van der Waals surface area contributed by atoms with Crippen molar-refractivity contribution in [3.8, 4) is 6.07 Å². The first-order chi connectivity index (χ1) is 14.1. The van der Waals surface area contributed by atoms with Gasteiger partial charge in [-0.1, -0.05) is 6.92 Å². The molecule has 4 rings (SSSR count). The smallest absolute Gasteiger partial charge is 0.270 e. The van der Waals surface area contributed by atoms with Crippen molar-refractivity contribution < 1.29 is 4.92 Å². The molecule has 0 unspecified atom stereocenters. The number of anilines is 1. The van der Waals surface area contributed by atoms with Crippen LogP contribution in [0.25, 0.3) is 0 Å². The van der Waals surface area contributed by atoms with Crippen LogP contribution in [-0.4, -0.2) is 24.2 Å². The highest BCUT2D eigenvalue weighted by molar-refractivity contribution is 7.16. The Bertz CT molecular complexity index is 997. The van der Waals surface area contributed by atoms with Gasteiger partial charge in [0.1, 0.15) is 11.1 Å². The molecule has 150 valence electrons. The van der Waals surface area contributed by atoms with E-state index in [9.17, 15) is 15.4 Å². The van der Waals surface area contributed by atoms with Crippen LogP contribution in [0.2, 0.25) is 0 Å². The van der Waals surface area contributed by atoms with Gasteiger partial charge in [0.05, 0.1) is 10.5 Å². The SMILES string of the molecule is CC1CCN(c2ccc([N+](=O)[O-])cc2C=Nc2sc3c(c2C#N)CCCC3)CC1. The first kappa shape index (κ1) is 19.6. The molecule has 29 heavy (non-hydrogen) atoms. The van der Waals surface area contributed by atoms with Crippen LogP contribution in [0, 0.1) is 27.4 Å². The molecule has 2 aromatic rings. The molecule has 1 fully saturated rings. The number of aliphatic imine (C=N–C) groups is 1. The third-order valence-corrected chi connectivity index (χ3v) is 7.13. The average Bonchev–Trinajstić information content (AvgIpc) is 3.10. The second kappa shape index (κ2) is 8.34. The van der Waals surface area contributed by atoms with Gasteiger partial charge in [-0.25, -0.2) is 4.99 Å². The molecule has 0 atom stereocenters. The van der Waals surface area contributed by atoms with Gasteiger partial charge in [0.25, 0.3) is 5.69 Å². The number of piperidine rings is 1. The van der Waals surface area contributed by atoms with Crippen molar-refractivity contribution >= 4 is 33.9 Å². The summed E-state index contributed by atoms with van der Waals surface area (Å²) in [6.07, 6.45) is 8.16. The third-order valence-electron chi connectivity index (χ3n) is 5.93. The fourth-order valence-electron chi connectivity index (χ4n) is 4.18. The maximum Gasteiger partial charge on any atom is 0.270 e. The van der Waals surface area contributed by atoms with Crippen molar-refractivity contribution in [3.63, 3.8) is 0 Å². The second-order valence-corrected chi connectivity index (χ2v) is 9.01. The molecular formula is C22H24N4O2S. The van der Waals surface area contributed by atoms with Crippen molar-refractivity contribution in [2.24, 2.45) is 10.9 Å². The lowest BCUT2D eigenvalue weighted by Gasteiger charge is -2.33. The summed E-state index contributed by atoms with van der Waals surface area (Å²) in [5.74, 6) is 0.706. The molecule has 1 aliphatic heterocycles. The summed E-state index contributed by atoms with van der Waals surface area (Å²) in [6, 6.07) is 7.32. The van der Waals surface area contributed by atoms with Crippen LogP contribution in [0.5, 0.6) is 0 Å². The molecule has 0 radical (unpaired) electrons. The molecular weight excluding hydrogens is 384 g/mol. The van der Waals surface area contributed by atoms with Gasteiger partial charge in [-0.2, -0.15) is 5.26 Å². The van der Waals surface area contributed by atoms with E-state index in [1.807, 2.05) is 6.07 Å². The molecule has 0 bridgehead atoms. The molecule has 1 aromatic heterocycles. The first-order valence-electron chi connectivity index (χ1n) is 10.2. The van der Waals surface area contributed by atoms with Crippen LogP contribution in [0.4, 0.5) is 16.4 Å². The Labute approximate surface area is 174 Å². The molecule has 0 N–H and O–H groups in total. The monoisotopic (exact) mass is 408 g/mol. The number of benzene rings is 1. The summed E-state index contributed by atoms with van der Waals surface area (Å²) < 4.78 is 0. The Morgan fingerprint density at radius 1 is 1.31 bits per heavy atom. The summed E-state index contributed by atoms with van der Waals surface area (Å²) in [7, 11) is 0. The number of nitro groups is 1. The zero-order valence-corrected chi connectivity index (χ0v) is 17.4. The zero-order valence-electron chi connectivity index (χ0n) is 16.6. The van der Waals surface area contributed by atoms with Gasteiger partial charge in [-0.05, 0) is 56.1 Å². The molecule has 0 spiro atoms. The van der Waals surface area contributed by atoms with Crippen molar-refractivity contribution in [3.05, 3.63) is 49.9 Å². The molecule has 6 nitrogen and oxygen atoms in total. The van der Waals surface area contributed by atoms with Crippen molar-refractivity contribution in [1.29, 1.82) is 5.26 Å². The number of nitriles is 1. The van der Waals surface area contributed by atoms with Gasteiger partial charge in [0.15, 0.2) is 0 Å². The predicted octanol–water partition coefficient (Wildman–Crippen LogP) is 5.39. The highest BCUT2D eigenvalue weighted by atomic mass is 32.1. The Morgan fingerprint density at radius 2 is 2.07 bits per heavy atom. The zero-order chi connectivity index (χ0) is 20.4. The minimum atomic E-state index is -0.371. The minimum absolute atomic E-state index is 0.0616. The maximum atomic E-state index is 11.3. The topological polar surface area (TPSA) is 82.5 Å². The van der Waals surface area contributed by atoms with Crippen molar-refractivity contribution in [1.82, 2.24) is 0 Å². The number of aryl methyl sites for hydroxylation is 1. The Hall–Kier alpha value is -2.72. The largest absolute Gasteiger partial charge is 0.371 e. The normalized spacial score (nSPS) is 17.3. The molecule has 1 aromatic carbocycles. The summed E-state index contributed by atoms with van der Waals surface area (Å²) >= 11 is 1.59. The Balaban J connectivity index is 1.70. The van der Waals surface area contributed by atoms with Crippen LogP contribution < -0.4 is 4.90 Å². The average molecular weight is 409 g/mol. The third kappa shape index (κ3) is 4.03. The summed E-state index contributed by atoms with van der Waals surface area (Å²) in [5, 5.41) is 21.7. The van der Waals surface area contributed by atoms with Crippen LogP contribution in [0.3, 0.4) is 0 Å². The van der Waals surface area contributed by atoms with E-state index >= 15 is 0 Å². The summed E-state index contributed by atoms with van der Waals surface area (Å²) in [4.78, 5) is 19.1. The van der Waals surface area contributed by atoms with Crippen molar-refractivity contribution in [2.45, 2.75) is 45.4 Å². The maximum absolute atomic E-state index is 11.3. The summed E-state index contributed by atoms with van der Waals surface area (Å²) in [5.41, 5.74) is 3.61. The lowest BCUT2D eigenvalue weighted by Crippen LogP contribution is -2.33. The summed E-state index contributed by atoms with van der Waals surface area (Å²) in [6.45, 7) is 4.14. The number of thiophene rings is 1. The van der Waals surface area contributed by atoms with E-state index in [1.165, 1.54) is 4.88 Å². The van der Waals surface area contributed by atoms with Gasteiger partial charge in [-0.15, -0.1) is 11.3 Å². The van der Waals surface area contributed by atoms with E-state index in [-0.39, 0.29) is 10.6 Å². The molecule has 0 saturated carbocycles. The van der Waals surface area contributed by atoms with Crippen LogP contribution >= 0.6 is 11.3 Å². The molecule has 2 aliphatic rings. The van der Waals surface area contributed by atoms with Gasteiger partial charge in [0.2, 0.25) is 0 Å². The van der Waals surface area contributed by atoms with Gasteiger partial charge < -0.3 is 4.90 Å². The van der Waals surface area contributed by atoms with Crippen LogP contribution in [0.15, 0.2) is 23.2 Å². The first-order valence-corrected chi connectivity index (χ1v) is 11.0. The number of nitro benzene ring substituents is 1. The van der Waals surface area contributed by atoms with Crippen LogP contribution in [-0.2, 0) is 12.8 Å². The number of fused-ring (bicyclic) bond motifs is 1. The number of non-ortho nitro benzene ring substituents is 1. The quantitative estimate of drug-likeness (QED) is 0.385. The van der Waals surface area contributed by atoms with E-state index in [2.05, 4.69) is 22.9 Å². The number of rotatable bonds is 4. The standard InChI is InChI=1S/C22H24N4O2S/c1-15-8-10-25(11-9-15)20-7-6-17(26(27)28)12-16(20)14-24-22-19(13-23)18-4-2-3-5-21(18)29-22/h6-7,12,14-15H,2-5,8-11H2,1H3. The molecule has 1 aliphatic carbocycles. The van der Waals surface area contributed by atoms with Crippen LogP contribution in [0.1, 0.15) is 54.2 Å². The molecule has 2 heterocycles. The number of hydrogen-bond donors (Lipinski definition) is 0. The Morgan fingerprint density at radius 3 is 2.79 bits per heavy atom. The van der Waals surface area contributed by atoms with E-state index in [0.29, 0.717) is 11.5 Å². The fourth-order valence-corrected chi connectivity index (χ4v) is 5.37. The van der Waals surface area contributed by atoms with E-state index in [4.69, 9.17) is 0 Å². The fraction of sp³-hybridized carbons (Fsp3) is 0.455. The molecule has 0 amide bonds. The van der Waals surface area contributed by atoms with E-state index < -0.39 is 0 Å². The lowest BCUT2D eigenvalue weighted by molar-refractivity contribution is -0.384. The highest BCUT2D eigenvalue weighted by Crippen LogP contribution is 2.39. The lowest BCUT2D eigenvalue weighted by atomic mass is 9.96. The number of hydrogen-bond acceptors (Lipinski definition) is 6. The Kier molecular flexibility index (Phi) is 5.63. The highest BCUT2D eigenvalue weighted by Gasteiger charge is 2.22. The minimum Gasteiger partial charge on any atom is -0.371 e. The van der Waals surface area contributed by atoms with Gasteiger partial charge in [0, 0.05) is 47.6 Å². The second-order valence-electron chi connectivity index (χ2n) is 7.93. The van der Waals surface area contributed by atoms with Gasteiger partial charge in [-0.3, -0.25) is 10.1 Å². The van der Waals surface area contributed by atoms with Crippen molar-refractivity contribution in [2.75, 3.05) is 18.0 Å². The molecule has 1 saturated heterocycles. The van der Waals surface area contributed by atoms with Gasteiger partial charge >= 0.3 is 0 Å². The number of nitrogens with zero attached hydrogens (tertiary/aromatic N) is 4.